The first-order chi connectivity index (χ1) is 13.5. The molecule has 6 nitrogen and oxygen atoms in total. The summed E-state index contributed by atoms with van der Waals surface area (Å²) < 4.78 is 6.45. The predicted octanol–water partition coefficient (Wildman–Crippen LogP) is 4.71. The summed E-state index contributed by atoms with van der Waals surface area (Å²) in [6.45, 7) is 0.753. The monoisotopic (exact) mass is 488 g/mol. The number of nitro groups is 1. The van der Waals surface area contributed by atoms with E-state index in [9.17, 15) is 14.9 Å². The first-order valence-electron chi connectivity index (χ1n) is 8.51. The third-order valence-electron chi connectivity index (χ3n) is 4.01. The Bertz CT molecular complexity index is 993. The van der Waals surface area contributed by atoms with E-state index in [4.69, 9.17) is 4.74 Å². The molecule has 0 heterocycles. The van der Waals surface area contributed by atoms with Gasteiger partial charge >= 0.3 is 0 Å². The Labute approximate surface area is 175 Å². The van der Waals surface area contributed by atoms with Crippen LogP contribution in [0.5, 0.6) is 5.75 Å². The average molecular weight is 488 g/mol. The summed E-state index contributed by atoms with van der Waals surface area (Å²) in [7, 11) is 0. The van der Waals surface area contributed by atoms with Crippen molar-refractivity contribution in [3.63, 3.8) is 0 Å². The van der Waals surface area contributed by atoms with Crippen LogP contribution >= 0.6 is 22.6 Å². The third-order valence-corrected chi connectivity index (χ3v) is 4.95. The molecule has 3 aromatic carbocycles. The van der Waals surface area contributed by atoms with Gasteiger partial charge in [0.1, 0.15) is 12.4 Å². The third kappa shape index (κ3) is 5.29. The fourth-order valence-electron chi connectivity index (χ4n) is 2.56. The lowest BCUT2D eigenvalue weighted by Gasteiger charge is -2.10. The zero-order chi connectivity index (χ0) is 19.9. The molecular weight excluding hydrogens is 471 g/mol. The van der Waals surface area contributed by atoms with Crippen molar-refractivity contribution in [3.05, 3.63) is 103 Å². The van der Waals surface area contributed by atoms with Gasteiger partial charge < -0.3 is 10.1 Å². The number of carbonyl (C=O) groups is 1. The van der Waals surface area contributed by atoms with Crippen molar-refractivity contribution < 1.29 is 14.5 Å². The summed E-state index contributed by atoms with van der Waals surface area (Å²) in [6.07, 6.45) is 0. The maximum Gasteiger partial charge on any atom is 0.270 e. The summed E-state index contributed by atoms with van der Waals surface area (Å²) in [5, 5.41) is 13.7. The number of ether oxygens (including phenoxy) is 1. The molecule has 3 rings (SSSR count). The van der Waals surface area contributed by atoms with Gasteiger partial charge in [0.05, 0.1) is 10.5 Å². The maximum absolute atomic E-state index is 12.4. The normalized spacial score (nSPS) is 10.3. The summed E-state index contributed by atoms with van der Waals surface area (Å²) >= 11 is 1.99. The summed E-state index contributed by atoms with van der Waals surface area (Å²) in [5.41, 5.74) is 2.12. The molecule has 0 saturated carbocycles. The lowest BCUT2D eigenvalue weighted by atomic mass is 10.1. The van der Waals surface area contributed by atoms with E-state index in [1.54, 1.807) is 6.07 Å². The largest absolute Gasteiger partial charge is 0.489 e. The van der Waals surface area contributed by atoms with Crippen molar-refractivity contribution in [2.45, 2.75) is 13.2 Å². The van der Waals surface area contributed by atoms with Gasteiger partial charge in [-0.15, -0.1) is 0 Å². The quantitative estimate of drug-likeness (QED) is 0.297. The van der Waals surface area contributed by atoms with Gasteiger partial charge in [0.25, 0.3) is 11.6 Å². The molecule has 0 saturated heterocycles. The van der Waals surface area contributed by atoms with Gasteiger partial charge in [0.15, 0.2) is 0 Å². The zero-order valence-electron chi connectivity index (χ0n) is 14.8. The minimum atomic E-state index is -0.513. The smallest absolute Gasteiger partial charge is 0.270 e. The Kier molecular flexibility index (Phi) is 6.59. The van der Waals surface area contributed by atoms with E-state index in [-0.39, 0.29) is 17.2 Å². The second-order valence-electron chi connectivity index (χ2n) is 6.03. The van der Waals surface area contributed by atoms with Crippen LogP contribution in [0.2, 0.25) is 0 Å². The number of hydrogen-bond donors (Lipinski definition) is 1. The Morgan fingerprint density at radius 2 is 1.75 bits per heavy atom. The van der Waals surface area contributed by atoms with E-state index in [0.717, 1.165) is 11.1 Å². The van der Waals surface area contributed by atoms with E-state index in [1.165, 1.54) is 12.1 Å². The number of hydrogen-bond acceptors (Lipinski definition) is 4. The van der Waals surface area contributed by atoms with Gasteiger partial charge in [-0.3, -0.25) is 14.9 Å². The highest BCUT2D eigenvalue weighted by Crippen LogP contribution is 2.20. The first kappa shape index (κ1) is 19.8. The zero-order valence-corrected chi connectivity index (χ0v) is 17.0. The van der Waals surface area contributed by atoms with E-state index in [2.05, 4.69) is 5.32 Å². The molecule has 0 bridgehead atoms. The maximum atomic E-state index is 12.4. The van der Waals surface area contributed by atoms with E-state index in [0.29, 0.717) is 22.5 Å². The topological polar surface area (TPSA) is 81.5 Å². The lowest BCUT2D eigenvalue weighted by molar-refractivity contribution is -0.384. The number of nitrogens with one attached hydrogen (secondary N) is 1. The van der Waals surface area contributed by atoms with Crippen LogP contribution in [0.1, 0.15) is 21.5 Å². The summed E-state index contributed by atoms with van der Waals surface area (Å²) in [6, 6.07) is 21.5. The highest BCUT2D eigenvalue weighted by molar-refractivity contribution is 14.1. The molecule has 0 spiro atoms. The van der Waals surface area contributed by atoms with Crippen LogP contribution in [0.15, 0.2) is 72.8 Å². The number of rotatable bonds is 7. The second kappa shape index (κ2) is 9.32. The number of non-ortho nitro benzene ring substituents is 1. The van der Waals surface area contributed by atoms with Crippen molar-refractivity contribution in [3.8, 4) is 5.75 Å². The number of nitro benzene ring substituents is 1. The van der Waals surface area contributed by atoms with Gasteiger partial charge in [-0.25, -0.2) is 0 Å². The molecule has 0 aliphatic carbocycles. The van der Waals surface area contributed by atoms with Gasteiger partial charge in [-0.05, 0) is 51.9 Å². The number of nitrogens with zero attached hydrogens (tertiary/aromatic N) is 1. The molecule has 7 heteroatoms. The minimum Gasteiger partial charge on any atom is -0.489 e. The molecule has 0 fully saturated rings. The predicted molar refractivity (Wildman–Crippen MR) is 114 cm³/mol. The van der Waals surface area contributed by atoms with Gasteiger partial charge in [0.2, 0.25) is 0 Å². The van der Waals surface area contributed by atoms with Gasteiger partial charge in [0, 0.05) is 22.2 Å². The Morgan fingerprint density at radius 1 is 1.00 bits per heavy atom. The van der Waals surface area contributed by atoms with Crippen LogP contribution in [-0.2, 0) is 13.2 Å². The van der Waals surface area contributed by atoms with Crippen molar-refractivity contribution in [1.82, 2.24) is 5.32 Å². The van der Waals surface area contributed by atoms with Crippen molar-refractivity contribution in [2.24, 2.45) is 0 Å². The summed E-state index contributed by atoms with van der Waals surface area (Å²) in [4.78, 5) is 22.9. The number of amides is 1. The molecule has 0 aliphatic heterocycles. The highest BCUT2D eigenvalue weighted by Gasteiger charge is 2.15. The molecule has 1 amide bonds. The van der Waals surface area contributed by atoms with Gasteiger partial charge in [-0.1, -0.05) is 42.5 Å². The minimum absolute atomic E-state index is 0.109. The van der Waals surface area contributed by atoms with Crippen molar-refractivity contribution in [1.29, 1.82) is 0 Å². The average Bonchev–Trinajstić information content (AvgIpc) is 2.72. The summed E-state index contributed by atoms with van der Waals surface area (Å²) in [5.74, 6) is 0.351. The van der Waals surface area contributed by atoms with Crippen molar-refractivity contribution >= 4 is 34.2 Å². The Hall–Kier alpha value is -2.94. The van der Waals surface area contributed by atoms with Crippen molar-refractivity contribution in [2.75, 3.05) is 0 Å². The van der Waals surface area contributed by atoms with Gasteiger partial charge in [-0.2, -0.15) is 0 Å². The molecule has 1 N–H and O–H groups in total. The molecule has 28 heavy (non-hydrogen) atoms. The Balaban J connectivity index is 1.62. The number of halogens is 1. The van der Waals surface area contributed by atoms with Crippen LogP contribution in [-0.4, -0.2) is 10.8 Å². The van der Waals surface area contributed by atoms with E-state index >= 15 is 0 Å². The molecule has 0 aromatic heterocycles. The SMILES string of the molecule is O=C(NCc1cccc(OCc2ccccc2)c1)c1cc([N+](=O)[O-])ccc1I. The lowest BCUT2D eigenvalue weighted by Crippen LogP contribution is -2.23. The van der Waals surface area contributed by atoms with E-state index < -0.39 is 4.92 Å². The van der Waals surface area contributed by atoms with Crippen LogP contribution < -0.4 is 10.1 Å². The van der Waals surface area contributed by atoms with Crippen LogP contribution in [0.3, 0.4) is 0 Å². The molecular formula is C21H17IN2O4. The molecule has 0 atom stereocenters. The van der Waals surface area contributed by atoms with Crippen LogP contribution in [0.4, 0.5) is 5.69 Å². The Morgan fingerprint density at radius 3 is 2.50 bits per heavy atom. The molecule has 3 aromatic rings. The number of carbonyl (C=O) groups excluding carboxylic acids is 1. The molecule has 0 radical (unpaired) electrons. The number of benzene rings is 3. The molecule has 142 valence electrons. The van der Waals surface area contributed by atoms with E-state index in [1.807, 2.05) is 77.2 Å². The van der Waals surface area contributed by atoms with Crippen LogP contribution in [0, 0.1) is 13.7 Å². The van der Waals surface area contributed by atoms with Crippen LogP contribution in [0.25, 0.3) is 0 Å². The first-order valence-corrected chi connectivity index (χ1v) is 9.58. The molecule has 0 aliphatic rings. The molecule has 0 unspecified atom stereocenters. The second-order valence-corrected chi connectivity index (χ2v) is 7.19. The fraction of sp³-hybridized carbons (Fsp3) is 0.0952. The highest BCUT2D eigenvalue weighted by atomic mass is 127. The fourth-order valence-corrected chi connectivity index (χ4v) is 3.14. The standard InChI is InChI=1S/C21H17IN2O4/c22-20-10-9-17(24(26)27)12-19(20)21(25)23-13-16-7-4-8-18(11-16)28-14-15-5-2-1-3-6-15/h1-12H,13-14H2,(H,23,25).